The molecule has 0 radical (unpaired) electrons. The van der Waals surface area contributed by atoms with E-state index >= 15 is 0 Å². The zero-order valence-corrected chi connectivity index (χ0v) is 12.2. The van der Waals surface area contributed by atoms with Crippen molar-refractivity contribution >= 4 is 18.0 Å². The maximum Gasteiger partial charge on any atom is 0.0949 e. The SMILES string of the molecule is C(/C=C/c1ccccc1)=Nc1cccc(Cn2ccnc2)c1. The summed E-state index contributed by atoms with van der Waals surface area (Å²) in [6.45, 7) is 0.809. The Hall–Kier alpha value is -2.94. The van der Waals surface area contributed by atoms with Gasteiger partial charge < -0.3 is 4.57 Å². The van der Waals surface area contributed by atoms with Crippen LogP contribution in [0, 0.1) is 0 Å². The number of aliphatic imine (C=N–C) groups is 1. The fourth-order valence-corrected chi connectivity index (χ4v) is 2.17. The van der Waals surface area contributed by atoms with Crippen molar-refractivity contribution in [2.45, 2.75) is 6.54 Å². The van der Waals surface area contributed by atoms with Gasteiger partial charge in [-0.3, -0.25) is 4.99 Å². The van der Waals surface area contributed by atoms with E-state index in [0.29, 0.717) is 0 Å². The lowest BCUT2D eigenvalue weighted by atomic mass is 10.2. The Morgan fingerprint density at radius 3 is 2.77 bits per heavy atom. The largest absolute Gasteiger partial charge is 0.333 e. The molecule has 0 amide bonds. The van der Waals surface area contributed by atoms with Gasteiger partial charge in [0.05, 0.1) is 12.0 Å². The number of imidazole rings is 1. The molecule has 0 N–H and O–H groups in total. The maximum absolute atomic E-state index is 4.47. The van der Waals surface area contributed by atoms with Gasteiger partial charge in [0.15, 0.2) is 0 Å². The summed E-state index contributed by atoms with van der Waals surface area (Å²) in [5.41, 5.74) is 3.33. The van der Waals surface area contributed by atoms with Gasteiger partial charge in [-0.05, 0) is 29.3 Å². The lowest BCUT2D eigenvalue weighted by molar-refractivity contribution is 0.797. The van der Waals surface area contributed by atoms with Crippen LogP contribution in [0.3, 0.4) is 0 Å². The van der Waals surface area contributed by atoms with Crippen molar-refractivity contribution in [3.05, 3.63) is 90.5 Å². The van der Waals surface area contributed by atoms with Crippen molar-refractivity contribution in [1.29, 1.82) is 0 Å². The summed E-state index contributed by atoms with van der Waals surface area (Å²) in [5, 5.41) is 0. The molecule has 1 heterocycles. The monoisotopic (exact) mass is 287 g/mol. The molecule has 22 heavy (non-hydrogen) atoms. The highest BCUT2D eigenvalue weighted by Crippen LogP contribution is 2.14. The molecule has 3 aromatic rings. The molecule has 3 rings (SSSR count). The van der Waals surface area contributed by atoms with Gasteiger partial charge in [0, 0.05) is 25.2 Å². The van der Waals surface area contributed by atoms with E-state index < -0.39 is 0 Å². The van der Waals surface area contributed by atoms with Gasteiger partial charge in [-0.2, -0.15) is 0 Å². The number of nitrogens with zero attached hydrogens (tertiary/aromatic N) is 3. The maximum atomic E-state index is 4.47. The van der Waals surface area contributed by atoms with E-state index in [1.807, 2.05) is 65.8 Å². The van der Waals surface area contributed by atoms with E-state index in [1.54, 1.807) is 6.20 Å². The lowest BCUT2D eigenvalue weighted by Gasteiger charge is -2.03. The number of benzene rings is 2. The molecular weight excluding hydrogens is 270 g/mol. The molecule has 1 aromatic heterocycles. The van der Waals surface area contributed by atoms with Crippen LogP contribution in [0.2, 0.25) is 0 Å². The summed E-state index contributed by atoms with van der Waals surface area (Å²) < 4.78 is 2.04. The van der Waals surface area contributed by atoms with Crippen LogP contribution in [0.15, 0.2) is 84.4 Å². The van der Waals surface area contributed by atoms with Crippen molar-refractivity contribution in [2.24, 2.45) is 4.99 Å². The Labute approximate surface area is 130 Å². The van der Waals surface area contributed by atoms with Gasteiger partial charge in [0.2, 0.25) is 0 Å². The topological polar surface area (TPSA) is 30.2 Å². The zero-order valence-electron chi connectivity index (χ0n) is 12.2. The van der Waals surface area contributed by atoms with Crippen LogP contribution < -0.4 is 0 Å². The Kier molecular flexibility index (Phi) is 4.57. The van der Waals surface area contributed by atoms with Gasteiger partial charge in [0.25, 0.3) is 0 Å². The molecule has 0 unspecified atom stereocenters. The second kappa shape index (κ2) is 7.18. The third-order valence-electron chi connectivity index (χ3n) is 3.23. The second-order valence-corrected chi connectivity index (χ2v) is 4.95. The minimum Gasteiger partial charge on any atom is -0.333 e. The molecule has 0 fully saturated rings. The minimum atomic E-state index is 0.809. The van der Waals surface area contributed by atoms with E-state index in [9.17, 15) is 0 Å². The number of hydrogen-bond acceptors (Lipinski definition) is 2. The molecule has 0 spiro atoms. The summed E-state index contributed by atoms with van der Waals surface area (Å²) in [6.07, 6.45) is 11.4. The highest BCUT2D eigenvalue weighted by atomic mass is 15.0. The van der Waals surface area contributed by atoms with Crippen LogP contribution in [0.5, 0.6) is 0 Å². The first-order chi connectivity index (χ1) is 10.9. The molecule has 0 bridgehead atoms. The number of rotatable bonds is 5. The van der Waals surface area contributed by atoms with Crippen LogP contribution >= 0.6 is 0 Å². The summed E-state index contributed by atoms with van der Waals surface area (Å²) in [7, 11) is 0. The van der Waals surface area contributed by atoms with Crippen LogP contribution in [-0.4, -0.2) is 15.8 Å². The van der Waals surface area contributed by atoms with E-state index in [4.69, 9.17) is 0 Å². The van der Waals surface area contributed by atoms with Crippen LogP contribution in [0.1, 0.15) is 11.1 Å². The molecule has 0 saturated heterocycles. The Bertz CT molecular complexity index is 756. The third kappa shape index (κ3) is 4.03. The van der Waals surface area contributed by atoms with E-state index in [2.05, 4.69) is 34.2 Å². The van der Waals surface area contributed by atoms with Gasteiger partial charge >= 0.3 is 0 Å². The van der Waals surface area contributed by atoms with Crippen LogP contribution in [0.25, 0.3) is 6.08 Å². The second-order valence-electron chi connectivity index (χ2n) is 4.95. The smallest absolute Gasteiger partial charge is 0.0949 e. The molecule has 3 heteroatoms. The Morgan fingerprint density at radius 1 is 1.05 bits per heavy atom. The first-order valence-corrected chi connectivity index (χ1v) is 7.21. The first kappa shape index (κ1) is 14.0. The predicted octanol–water partition coefficient (Wildman–Crippen LogP) is 4.35. The summed E-state index contributed by atoms with van der Waals surface area (Å²) >= 11 is 0. The average molecular weight is 287 g/mol. The lowest BCUT2D eigenvalue weighted by Crippen LogP contribution is -1.95. The summed E-state index contributed by atoms with van der Waals surface area (Å²) in [4.78, 5) is 8.53. The number of allylic oxidation sites excluding steroid dienone is 1. The van der Waals surface area contributed by atoms with Gasteiger partial charge in [-0.25, -0.2) is 4.98 Å². The quantitative estimate of drug-likeness (QED) is 0.642. The molecule has 0 aliphatic rings. The fraction of sp³-hybridized carbons (Fsp3) is 0.0526. The molecule has 0 aliphatic carbocycles. The van der Waals surface area contributed by atoms with Crippen molar-refractivity contribution in [2.75, 3.05) is 0 Å². The molecule has 2 aromatic carbocycles. The molecular formula is C19H17N3. The van der Waals surface area contributed by atoms with Gasteiger partial charge in [-0.15, -0.1) is 0 Å². The van der Waals surface area contributed by atoms with Crippen LogP contribution in [0.4, 0.5) is 5.69 Å². The molecule has 3 nitrogen and oxygen atoms in total. The van der Waals surface area contributed by atoms with Crippen molar-refractivity contribution < 1.29 is 0 Å². The molecule has 108 valence electrons. The van der Waals surface area contributed by atoms with E-state index in [1.165, 1.54) is 11.1 Å². The normalized spacial score (nSPS) is 11.5. The average Bonchev–Trinajstić information content (AvgIpc) is 3.06. The van der Waals surface area contributed by atoms with E-state index in [-0.39, 0.29) is 0 Å². The molecule has 0 aliphatic heterocycles. The van der Waals surface area contributed by atoms with Crippen molar-refractivity contribution in [3.8, 4) is 0 Å². The van der Waals surface area contributed by atoms with Crippen molar-refractivity contribution in [1.82, 2.24) is 9.55 Å². The number of hydrogen-bond donors (Lipinski definition) is 0. The fourth-order valence-electron chi connectivity index (χ4n) is 2.17. The van der Waals surface area contributed by atoms with Gasteiger partial charge in [-0.1, -0.05) is 48.5 Å². The predicted molar refractivity (Wildman–Crippen MR) is 91.4 cm³/mol. The zero-order chi connectivity index (χ0) is 15.0. The first-order valence-electron chi connectivity index (χ1n) is 7.21. The van der Waals surface area contributed by atoms with E-state index in [0.717, 1.165) is 12.2 Å². The Morgan fingerprint density at radius 2 is 1.95 bits per heavy atom. The third-order valence-corrected chi connectivity index (χ3v) is 3.23. The minimum absolute atomic E-state index is 0.809. The molecule has 0 atom stereocenters. The van der Waals surface area contributed by atoms with Crippen molar-refractivity contribution in [3.63, 3.8) is 0 Å². The standard InChI is InChI=1S/C19H17N3/c1-2-6-17(7-3-1)9-5-11-21-19-10-4-8-18(14-19)15-22-13-12-20-16-22/h1-14,16H,15H2/b9-5+,21-11?. The molecule has 0 saturated carbocycles. The number of aromatic nitrogens is 2. The van der Waals surface area contributed by atoms with Gasteiger partial charge in [0.1, 0.15) is 0 Å². The highest BCUT2D eigenvalue weighted by Gasteiger charge is 1.95. The van der Waals surface area contributed by atoms with Crippen LogP contribution in [-0.2, 0) is 6.54 Å². The summed E-state index contributed by atoms with van der Waals surface area (Å²) in [5.74, 6) is 0. The highest BCUT2D eigenvalue weighted by molar-refractivity contribution is 5.80. The Balaban J connectivity index is 1.65. The summed E-state index contributed by atoms with van der Waals surface area (Å²) in [6, 6.07) is 18.4.